The molecule has 0 aliphatic heterocycles. The van der Waals surface area contributed by atoms with Crippen molar-refractivity contribution in [3.63, 3.8) is 0 Å². The van der Waals surface area contributed by atoms with Crippen molar-refractivity contribution < 1.29 is 4.74 Å². The first kappa shape index (κ1) is 17.8. The first-order valence-corrected chi connectivity index (χ1v) is 10.5. The van der Waals surface area contributed by atoms with Gasteiger partial charge in [-0.3, -0.25) is 10.1 Å². The number of nitrogens with zero attached hydrogens (tertiary/aromatic N) is 4. The quantitative estimate of drug-likeness (QED) is 0.401. The lowest BCUT2D eigenvalue weighted by Crippen LogP contribution is -1.87. The van der Waals surface area contributed by atoms with Crippen molar-refractivity contribution in [2.24, 2.45) is 0 Å². The van der Waals surface area contributed by atoms with Crippen LogP contribution in [0.3, 0.4) is 0 Å². The van der Waals surface area contributed by atoms with Gasteiger partial charge in [0, 0.05) is 34.0 Å². The van der Waals surface area contributed by atoms with Crippen LogP contribution in [0.25, 0.3) is 55.2 Å². The lowest BCUT2D eigenvalue weighted by atomic mass is 10.1. The van der Waals surface area contributed by atoms with Crippen molar-refractivity contribution in [1.29, 1.82) is 0 Å². The van der Waals surface area contributed by atoms with Crippen molar-refractivity contribution in [2.45, 2.75) is 0 Å². The second-order valence-electron chi connectivity index (χ2n) is 7.07. The Morgan fingerprint density at radius 3 is 2.81 bits per heavy atom. The van der Waals surface area contributed by atoms with Crippen molar-refractivity contribution in [3.05, 3.63) is 66.4 Å². The number of hydrogen-bond acceptors (Lipinski definition) is 6. The number of methoxy groups -OCH3 is 1. The van der Waals surface area contributed by atoms with Crippen LogP contribution >= 0.6 is 11.3 Å². The van der Waals surface area contributed by atoms with Crippen LogP contribution < -0.4 is 4.74 Å². The van der Waals surface area contributed by atoms with Crippen molar-refractivity contribution in [3.8, 4) is 38.8 Å². The van der Waals surface area contributed by atoms with Gasteiger partial charge in [-0.05, 0) is 29.6 Å². The second-order valence-corrected chi connectivity index (χ2v) is 8.02. The minimum absolute atomic E-state index is 0.633. The number of rotatable bonds is 4. The molecule has 0 fully saturated rings. The van der Waals surface area contributed by atoms with Crippen LogP contribution in [0.1, 0.15) is 0 Å². The molecule has 0 bridgehead atoms. The van der Waals surface area contributed by atoms with E-state index in [-0.39, 0.29) is 0 Å². The van der Waals surface area contributed by atoms with Gasteiger partial charge >= 0.3 is 0 Å². The highest BCUT2D eigenvalue weighted by molar-refractivity contribution is 7.13. The number of para-hydroxylation sites is 1. The van der Waals surface area contributed by atoms with E-state index in [9.17, 15) is 0 Å². The van der Waals surface area contributed by atoms with Crippen LogP contribution in [-0.4, -0.2) is 37.2 Å². The zero-order valence-electron chi connectivity index (χ0n) is 16.5. The molecule has 5 heterocycles. The fraction of sp³-hybridized carbons (Fsp3) is 0.0435. The molecular weight excluding hydrogens is 408 g/mol. The number of pyridine rings is 2. The lowest BCUT2D eigenvalue weighted by molar-refractivity contribution is 0.413. The zero-order chi connectivity index (χ0) is 20.8. The number of hydrogen-bond donors (Lipinski definition) is 2. The second kappa shape index (κ2) is 7.03. The van der Waals surface area contributed by atoms with Crippen LogP contribution in [0, 0.1) is 0 Å². The number of thiophene rings is 1. The summed E-state index contributed by atoms with van der Waals surface area (Å²) in [6, 6.07) is 14.3. The van der Waals surface area contributed by atoms with Crippen LogP contribution in [-0.2, 0) is 0 Å². The Morgan fingerprint density at radius 2 is 1.94 bits per heavy atom. The maximum absolute atomic E-state index is 5.30. The number of benzene rings is 1. The Morgan fingerprint density at radius 1 is 1.00 bits per heavy atom. The SMILES string of the molecule is COc1cncc(-c2cnc3n[nH]c(-c4nc5c(-c6cccs6)cccc5[nH]4)c3c2)c1. The predicted molar refractivity (Wildman–Crippen MR) is 122 cm³/mol. The minimum atomic E-state index is 0.633. The fourth-order valence-electron chi connectivity index (χ4n) is 3.71. The van der Waals surface area contributed by atoms with Crippen LogP contribution in [0.4, 0.5) is 0 Å². The molecule has 1 aromatic carbocycles. The molecule has 6 aromatic rings. The average molecular weight is 424 g/mol. The van der Waals surface area contributed by atoms with Crippen molar-refractivity contribution in [1.82, 2.24) is 30.1 Å². The topological polar surface area (TPSA) is 92.4 Å². The van der Waals surface area contributed by atoms with Gasteiger partial charge in [-0.15, -0.1) is 11.3 Å². The summed E-state index contributed by atoms with van der Waals surface area (Å²) in [7, 11) is 1.63. The van der Waals surface area contributed by atoms with E-state index in [4.69, 9.17) is 9.72 Å². The molecule has 8 heteroatoms. The van der Waals surface area contributed by atoms with Crippen molar-refractivity contribution >= 4 is 33.4 Å². The summed E-state index contributed by atoms with van der Waals surface area (Å²) in [4.78, 5) is 18.3. The summed E-state index contributed by atoms with van der Waals surface area (Å²) >= 11 is 1.70. The molecule has 7 nitrogen and oxygen atoms in total. The standard InChI is InChI=1S/C23H16N6OS/c1-30-15-8-13(10-24-12-15)14-9-17-21(28-29-22(17)25-11-14)23-26-18-5-2-4-16(20(18)27-23)19-6-3-7-31-19/h2-12H,1H3,(H,26,27)(H,25,28,29). The van der Waals surface area contributed by atoms with E-state index in [1.54, 1.807) is 37.0 Å². The fourth-order valence-corrected chi connectivity index (χ4v) is 4.46. The van der Waals surface area contributed by atoms with E-state index in [2.05, 4.69) is 48.7 Å². The van der Waals surface area contributed by atoms with E-state index in [1.807, 2.05) is 24.3 Å². The van der Waals surface area contributed by atoms with Gasteiger partial charge < -0.3 is 9.72 Å². The van der Waals surface area contributed by atoms with Gasteiger partial charge in [0.1, 0.15) is 11.4 Å². The highest BCUT2D eigenvalue weighted by atomic mass is 32.1. The number of imidazole rings is 1. The molecule has 150 valence electrons. The molecule has 0 amide bonds. The van der Waals surface area contributed by atoms with Gasteiger partial charge in [0.2, 0.25) is 0 Å². The predicted octanol–water partition coefficient (Wildman–Crippen LogP) is 5.30. The van der Waals surface area contributed by atoms with E-state index >= 15 is 0 Å². The Hall–Kier alpha value is -4.04. The smallest absolute Gasteiger partial charge is 0.181 e. The van der Waals surface area contributed by atoms with Crippen LogP contribution in [0.15, 0.2) is 66.4 Å². The van der Waals surface area contributed by atoms with Gasteiger partial charge in [0.25, 0.3) is 0 Å². The maximum Gasteiger partial charge on any atom is 0.181 e. The molecule has 6 rings (SSSR count). The third-order valence-electron chi connectivity index (χ3n) is 5.23. The number of H-pyrrole nitrogens is 2. The van der Waals surface area contributed by atoms with E-state index < -0.39 is 0 Å². The van der Waals surface area contributed by atoms with Gasteiger partial charge in [-0.2, -0.15) is 5.10 Å². The third-order valence-corrected chi connectivity index (χ3v) is 6.13. The van der Waals surface area contributed by atoms with Gasteiger partial charge in [-0.25, -0.2) is 9.97 Å². The number of nitrogens with one attached hydrogen (secondary N) is 2. The Balaban J connectivity index is 1.50. The van der Waals surface area contributed by atoms with Gasteiger partial charge in [0.15, 0.2) is 11.5 Å². The molecule has 0 unspecified atom stereocenters. The number of fused-ring (bicyclic) bond motifs is 2. The third kappa shape index (κ3) is 2.96. The highest BCUT2D eigenvalue weighted by Gasteiger charge is 2.16. The summed E-state index contributed by atoms with van der Waals surface area (Å²) in [5, 5.41) is 10.4. The van der Waals surface area contributed by atoms with Gasteiger partial charge in [0.05, 0.1) is 29.7 Å². The van der Waals surface area contributed by atoms with Crippen LogP contribution in [0.5, 0.6) is 5.75 Å². The normalized spacial score (nSPS) is 11.4. The number of aromatic nitrogens is 6. The number of aromatic amines is 2. The number of ether oxygens (including phenoxy) is 1. The molecule has 2 N–H and O–H groups in total. The Kier molecular flexibility index (Phi) is 4.03. The Bertz CT molecular complexity index is 1530. The first-order valence-electron chi connectivity index (χ1n) is 9.66. The van der Waals surface area contributed by atoms with E-state index in [0.29, 0.717) is 11.4 Å². The molecule has 0 atom stereocenters. The average Bonchev–Trinajstić information content (AvgIpc) is 3.57. The molecule has 0 aliphatic carbocycles. The molecular formula is C23H16N6OS. The summed E-state index contributed by atoms with van der Waals surface area (Å²) < 4.78 is 5.30. The van der Waals surface area contributed by atoms with Crippen LogP contribution in [0.2, 0.25) is 0 Å². The Labute approximate surface area is 180 Å². The van der Waals surface area contributed by atoms with Crippen molar-refractivity contribution in [2.75, 3.05) is 7.11 Å². The maximum atomic E-state index is 5.30. The molecule has 31 heavy (non-hydrogen) atoms. The first-order chi connectivity index (χ1) is 15.3. The molecule has 0 aliphatic rings. The summed E-state index contributed by atoms with van der Waals surface area (Å²) in [5.41, 5.74) is 6.30. The molecule has 0 radical (unpaired) electrons. The lowest BCUT2D eigenvalue weighted by Gasteiger charge is -2.04. The monoisotopic (exact) mass is 424 g/mol. The zero-order valence-corrected chi connectivity index (χ0v) is 17.3. The van der Waals surface area contributed by atoms with Gasteiger partial charge in [-0.1, -0.05) is 18.2 Å². The molecule has 0 saturated heterocycles. The highest BCUT2D eigenvalue weighted by Crippen LogP contribution is 2.34. The summed E-state index contributed by atoms with van der Waals surface area (Å²) in [6.07, 6.45) is 5.26. The molecule has 0 spiro atoms. The largest absolute Gasteiger partial charge is 0.495 e. The summed E-state index contributed by atoms with van der Waals surface area (Å²) in [5.74, 6) is 1.42. The molecule has 0 saturated carbocycles. The minimum Gasteiger partial charge on any atom is -0.495 e. The van der Waals surface area contributed by atoms with E-state index in [1.165, 1.54) is 4.88 Å². The van der Waals surface area contributed by atoms with E-state index in [0.717, 1.165) is 44.6 Å². The summed E-state index contributed by atoms with van der Waals surface area (Å²) in [6.45, 7) is 0. The molecule has 5 aromatic heterocycles.